The molecule has 1 fully saturated rings. The van der Waals surface area contributed by atoms with Crippen molar-refractivity contribution in [1.82, 2.24) is 4.90 Å². The number of carbonyl (C=O) groups excluding carboxylic acids is 1. The van der Waals surface area contributed by atoms with E-state index in [0.29, 0.717) is 17.6 Å². The van der Waals surface area contributed by atoms with Gasteiger partial charge in [0.2, 0.25) is 5.91 Å². The van der Waals surface area contributed by atoms with Gasteiger partial charge in [-0.2, -0.15) is 0 Å². The van der Waals surface area contributed by atoms with Crippen LogP contribution in [0.2, 0.25) is 0 Å². The molecule has 1 aliphatic rings. The minimum Gasteiger partial charge on any atom is -0.370 e. The van der Waals surface area contributed by atoms with Gasteiger partial charge in [0, 0.05) is 18.8 Å². The van der Waals surface area contributed by atoms with Gasteiger partial charge < -0.3 is 16.0 Å². The van der Waals surface area contributed by atoms with Crippen LogP contribution in [-0.2, 0) is 4.79 Å². The summed E-state index contributed by atoms with van der Waals surface area (Å²) in [5.74, 6) is 0.411. The van der Waals surface area contributed by atoms with Gasteiger partial charge in [0.05, 0.1) is 0 Å². The van der Waals surface area contributed by atoms with E-state index in [1.807, 2.05) is 4.90 Å². The second-order valence-electron chi connectivity index (χ2n) is 5.40. The highest BCUT2D eigenvalue weighted by Gasteiger charge is 2.17. The zero-order chi connectivity index (χ0) is 15.2. The van der Waals surface area contributed by atoms with E-state index in [1.54, 1.807) is 6.07 Å². The zero-order valence-corrected chi connectivity index (χ0v) is 14.9. The topological polar surface area (TPSA) is 70.7 Å². The van der Waals surface area contributed by atoms with Crippen LogP contribution in [0.25, 0.3) is 0 Å². The van der Waals surface area contributed by atoms with Gasteiger partial charge in [-0.15, -0.1) is 24.0 Å². The van der Waals surface area contributed by atoms with E-state index in [9.17, 15) is 9.18 Å². The van der Waals surface area contributed by atoms with Crippen molar-refractivity contribution in [2.45, 2.75) is 19.8 Å². The summed E-state index contributed by atoms with van der Waals surface area (Å²) in [7, 11) is 0. The molecule has 0 saturated carbocycles. The zero-order valence-electron chi connectivity index (χ0n) is 12.6. The number of carbonyl (C=O) groups is 1. The summed E-state index contributed by atoms with van der Waals surface area (Å²) < 4.78 is 13.0. The molecule has 1 saturated heterocycles. The third kappa shape index (κ3) is 5.78. The number of rotatable bonds is 3. The summed E-state index contributed by atoms with van der Waals surface area (Å²) in [5.41, 5.74) is 6.31. The molecule has 2 rings (SSSR count). The van der Waals surface area contributed by atoms with E-state index in [4.69, 9.17) is 5.73 Å². The number of halogens is 2. The second kappa shape index (κ2) is 8.92. The Morgan fingerprint density at radius 2 is 2.14 bits per heavy atom. The monoisotopic (exact) mass is 420 g/mol. The smallest absolute Gasteiger partial charge is 0.246 e. The fraction of sp³-hybridized carbons (Fsp3) is 0.467. The number of nitrogens with zero attached hydrogens (tertiary/aromatic N) is 2. The number of likely N-dealkylation sites (tertiary alicyclic amines) is 1. The van der Waals surface area contributed by atoms with Crippen molar-refractivity contribution in [3.63, 3.8) is 0 Å². The standard InChI is InChI=1S/C15H21FN4O.HI/c1-11-5-7-20(8-6-11)15(17)18-10-14(21)19-13-4-2-3-12(16)9-13;/h2-4,9,11H,5-8,10H2,1H3,(H2,17,18)(H,19,21);1H. The third-order valence-corrected chi connectivity index (χ3v) is 3.60. The molecule has 1 aromatic rings. The maximum absolute atomic E-state index is 13.0. The van der Waals surface area contributed by atoms with Crippen LogP contribution in [0.5, 0.6) is 0 Å². The Kier molecular flexibility index (Phi) is 7.57. The van der Waals surface area contributed by atoms with Crippen LogP contribution in [0.1, 0.15) is 19.8 Å². The molecule has 0 spiro atoms. The Labute approximate surface area is 147 Å². The van der Waals surface area contributed by atoms with E-state index in [1.165, 1.54) is 18.2 Å². The van der Waals surface area contributed by atoms with Crippen molar-refractivity contribution in [3.8, 4) is 0 Å². The number of piperidine rings is 1. The molecule has 1 heterocycles. The minimum absolute atomic E-state index is 0. The Bertz CT molecular complexity index is 530. The number of anilines is 1. The molecule has 122 valence electrons. The predicted octanol–water partition coefficient (Wildman–Crippen LogP) is 2.43. The summed E-state index contributed by atoms with van der Waals surface area (Å²) in [5, 5.41) is 2.59. The number of hydrogen-bond acceptors (Lipinski definition) is 2. The van der Waals surface area contributed by atoms with Gasteiger partial charge in [-0.3, -0.25) is 4.79 Å². The molecule has 0 aliphatic carbocycles. The molecule has 1 amide bonds. The van der Waals surface area contributed by atoms with Crippen LogP contribution in [0, 0.1) is 11.7 Å². The Morgan fingerprint density at radius 3 is 2.77 bits per heavy atom. The van der Waals surface area contributed by atoms with E-state index in [-0.39, 0.29) is 36.4 Å². The minimum atomic E-state index is -0.391. The molecule has 1 aromatic carbocycles. The number of hydrogen-bond donors (Lipinski definition) is 2. The summed E-state index contributed by atoms with van der Waals surface area (Å²) in [6.07, 6.45) is 2.18. The average molecular weight is 420 g/mol. The molecule has 0 aromatic heterocycles. The highest BCUT2D eigenvalue weighted by Crippen LogP contribution is 2.15. The lowest BCUT2D eigenvalue weighted by atomic mass is 10.00. The maximum Gasteiger partial charge on any atom is 0.246 e. The molecular formula is C15H22FIN4O. The Morgan fingerprint density at radius 1 is 1.45 bits per heavy atom. The van der Waals surface area contributed by atoms with Crippen molar-refractivity contribution >= 4 is 41.5 Å². The first-order valence-electron chi connectivity index (χ1n) is 7.15. The lowest BCUT2D eigenvalue weighted by molar-refractivity contribution is -0.114. The van der Waals surface area contributed by atoms with Crippen molar-refractivity contribution in [2.75, 3.05) is 25.0 Å². The molecule has 22 heavy (non-hydrogen) atoms. The van der Waals surface area contributed by atoms with E-state index in [2.05, 4.69) is 17.2 Å². The number of amides is 1. The summed E-state index contributed by atoms with van der Waals surface area (Å²) in [4.78, 5) is 17.8. The SMILES string of the molecule is CC1CCN(C(N)=NCC(=O)Nc2cccc(F)c2)CC1.I. The van der Waals surface area contributed by atoms with Gasteiger partial charge in [-0.05, 0) is 37.0 Å². The Hall–Kier alpha value is -1.38. The number of nitrogens with two attached hydrogens (primary N) is 1. The first kappa shape index (κ1) is 18.7. The van der Waals surface area contributed by atoms with Crippen LogP contribution >= 0.6 is 24.0 Å². The number of benzene rings is 1. The summed E-state index contributed by atoms with van der Waals surface area (Å²) in [6.45, 7) is 3.91. The van der Waals surface area contributed by atoms with Gasteiger partial charge in [-0.25, -0.2) is 9.38 Å². The van der Waals surface area contributed by atoms with E-state index in [0.717, 1.165) is 25.9 Å². The van der Waals surface area contributed by atoms with Gasteiger partial charge in [0.25, 0.3) is 0 Å². The van der Waals surface area contributed by atoms with Crippen molar-refractivity contribution < 1.29 is 9.18 Å². The lowest BCUT2D eigenvalue weighted by Crippen LogP contribution is -2.42. The van der Waals surface area contributed by atoms with Gasteiger partial charge >= 0.3 is 0 Å². The first-order valence-corrected chi connectivity index (χ1v) is 7.15. The maximum atomic E-state index is 13.0. The van der Waals surface area contributed by atoms with Crippen molar-refractivity contribution in [3.05, 3.63) is 30.1 Å². The van der Waals surface area contributed by atoms with Crippen LogP contribution in [0.15, 0.2) is 29.3 Å². The van der Waals surface area contributed by atoms with Crippen molar-refractivity contribution in [2.24, 2.45) is 16.6 Å². The highest BCUT2D eigenvalue weighted by atomic mass is 127. The number of nitrogens with one attached hydrogen (secondary N) is 1. The normalized spacial score (nSPS) is 16.1. The fourth-order valence-corrected chi connectivity index (χ4v) is 2.26. The van der Waals surface area contributed by atoms with Crippen molar-refractivity contribution in [1.29, 1.82) is 0 Å². The molecule has 7 heteroatoms. The molecule has 0 unspecified atom stereocenters. The molecule has 5 nitrogen and oxygen atoms in total. The van der Waals surface area contributed by atoms with Gasteiger partial charge in [-0.1, -0.05) is 13.0 Å². The Balaban J connectivity index is 0.00000242. The lowest BCUT2D eigenvalue weighted by Gasteiger charge is -2.30. The molecule has 0 atom stereocenters. The molecule has 0 bridgehead atoms. The van der Waals surface area contributed by atoms with E-state index >= 15 is 0 Å². The summed E-state index contributed by atoms with van der Waals surface area (Å²) >= 11 is 0. The van der Waals surface area contributed by atoms with Crippen LogP contribution < -0.4 is 11.1 Å². The second-order valence-corrected chi connectivity index (χ2v) is 5.40. The van der Waals surface area contributed by atoms with Crippen LogP contribution in [-0.4, -0.2) is 36.4 Å². The molecule has 1 aliphatic heterocycles. The quantitative estimate of drug-likeness (QED) is 0.449. The molecule has 3 N–H and O–H groups in total. The van der Waals surface area contributed by atoms with Crippen LogP contribution in [0.4, 0.5) is 10.1 Å². The highest BCUT2D eigenvalue weighted by molar-refractivity contribution is 14.0. The van der Waals surface area contributed by atoms with Gasteiger partial charge in [0.15, 0.2) is 5.96 Å². The predicted molar refractivity (Wildman–Crippen MR) is 96.9 cm³/mol. The molecular weight excluding hydrogens is 398 g/mol. The van der Waals surface area contributed by atoms with Gasteiger partial charge in [0.1, 0.15) is 12.4 Å². The number of aliphatic imine (C=N–C) groups is 1. The average Bonchev–Trinajstić information content (AvgIpc) is 2.45. The third-order valence-electron chi connectivity index (χ3n) is 3.60. The van der Waals surface area contributed by atoms with Crippen LogP contribution in [0.3, 0.4) is 0 Å². The fourth-order valence-electron chi connectivity index (χ4n) is 2.26. The van der Waals surface area contributed by atoms with E-state index < -0.39 is 5.82 Å². The molecule has 0 radical (unpaired) electrons. The number of guanidine groups is 1. The largest absolute Gasteiger partial charge is 0.370 e. The first-order chi connectivity index (χ1) is 10.0. The summed E-state index contributed by atoms with van der Waals surface area (Å²) in [6, 6.07) is 5.75.